The minimum Gasteiger partial charge on any atom is -0.337 e. The van der Waals surface area contributed by atoms with Gasteiger partial charge in [0.25, 0.3) is 5.56 Å². The number of aromatic nitrogens is 2. The Balaban J connectivity index is 3.19. The molecule has 0 saturated heterocycles. The van der Waals surface area contributed by atoms with Gasteiger partial charge < -0.3 is 5.32 Å². The molecule has 7 heteroatoms. The van der Waals surface area contributed by atoms with Crippen LogP contribution in [0.4, 0.5) is 9.18 Å². The molecule has 0 bridgehead atoms. The Hall–Kier alpha value is -1.92. The first-order valence-corrected chi connectivity index (χ1v) is 4.50. The van der Waals surface area contributed by atoms with E-state index in [1.54, 1.807) is 5.32 Å². The van der Waals surface area contributed by atoms with Gasteiger partial charge in [-0.25, -0.2) is 14.2 Å². The number of hydrogen-bond donors (Lipinski definition) is 2. The zero-order valence-corrected chi connectivity index (χ0v) is 8.83. The highest BCUT2D eigenvalue weighted by Crippen LogP contribution is 1.97. The molecule has 0 radical (unpaired) electrons. The van der Waals surface area contributed by atoms with Gasteiger partial charge in [0.15, 0.2) is 0 Å². The fourth-order valence-electron chi connectivity index (χ4n) is 0.923. The van der Waals surface area contributed by atoms with E-state index in [2.05, 4.69) is 0 Å². The molecule has 1 rings (SSSR count). The zero-order chi connectivity index (χ0) is 23.2. The molecule has 18 heavy (non-hydrogen) atoms. The number of rotatable bonds is 5. The van der Waals surface area contributed by atoms with E-state index in [0.717, 1.165) is 0 Å². The topological polar surface area (TPSA) is 84.0 Å². The van der Waals surface area contributed by atoms with Crippen LogP contribution in [-0.2, 0) is 0 Å². The van der Waals surface area contributed by atoms with Gasteiger partial charge in [0, 0.05) is 21.6 Å². The van der Waals surface area contributed by atoms with Gasteiger partial charge in [-0.1, -0.05) is 26.0 Å². The summed E-state index contributed by atoms with van der Waals surface area (Å²) in [6.07, 6.45) is -14.7. The van der Waals surface area contributed by atoms with Crippen molar-refractivity contribution in [3.8, 4) is 0 Å². The second kappa shape index (κ2) is 6.73. The van der Waals surface area contributed by atoms with Gasteiger partial charge in [-0.05, 0) is 6.37 Å². The maximum absolute atomic E-state index is 13.2. The highest BCUT2D eigenvalue weighted by molar-refractivity contribution is 5.76. The second-order valence-corrected chi connectivity index (χ2v) is 2.82. The summed E-state index contributed by atoms with van der Waals surface area (Å²) in [5, 5.41) is 1.69. The number of H-pyrrole nitrogens is 1. The van der Waals surface area contributed by atoms with E-state index in [0.29, 0.717) is 0 Å². The molecule has 100 valence electrons. The fraction of sp³-hybridized carbons (Fsp3) is 0.545. The third-order valence-corrected chi connectivity index (χ3v) is 1.66. The molecule has 2 N–H and O–H groups in total. The molecule has 6 nitrogen and oxygen atoms in total. The average Bonchev–Trinajstić information content (AvgIpc) is 2.54. The van der Waals surface area contributed by atoms with Crippen LogP contribution >= 0.6 is 0 Å². The summed E-state index contributed by atoms with van der Waals surface area (Å²) in [5.41, 5.74) is -2.82. The van der Waals surface area contributed by atoms with Crippen LogP contribution in [0.2, 0.25) is 0 Å². The van der Waals surface area contributed by atoms with E-state index in [-0.39, 0.29) is 10.8 Å². The van der Waals surface area contributed by atoms with Crippen LogP contribution < -0.4 is 16.6 Å². The van der Waals surface area contributed by atoms with Crippen molar-refractivity contribution in [2.45, 2.75) is 32.3 Å². The fourth-order valence-corrected chi connectivity index (χ4v) is 0.923. The normalized spacial score (nSPS) is 23.3. The van der Waals surface area contributed by atoms with E-state index in [9.17, 15) is 18.8 Å². The van der Waals surface area contributed by atoms with Crippen molar-refractivity contribution in [2.24, 2.45) is 0 Å². The summed E-state index contributed by atoms with van der Waals surface area (Å²) in [6.45, 7) is -5.01. The minimum absolute atomic E-state index is 0.00126. The van der Waals surface area contributed by atoms with E-state index < -0.39 is 62.0 Å². The quantitative estimate of drug-likeness (QED) is 0.829. The lowest BCUT2D eigenvalue weighted by Crippen LogP contribution is -2.40. The van der Waals surface area contributed by atoms with Crippen LogP contribution in [0.3, 0.4) is 0 Å². The standard InChI is InChI=1S/C11H16FN3O3/c1-2-3-4-5-6-13-10(17)15-7-8(12)9(16)14-11(15)18/h7H,2-6H2,1H3,(H,13,17)(H,14,16,18)/i1D3,2D2,3D2,4D2,5D2. The Morgan fingerprint density at radius 1 is 1.56 bits per heavy atom. The maximum Gasteiger partial charge on any atom is 0.336 e. The van der Waals surface area contributed by atoms with Crippen molar-refractivity contribution in [2.75, 3.05) is 6.54 Å². The summed E-state index contributed by atoms with van der Waals surface area (Å²) in [4.78, 5) is 35.8. The lowest BCUT2D eigenvalue weighted by Gasteiger charge is -2.06. The van der Waals surface area contributed by atoms with Crippen LogP contribution in [0.5, 0.6) is 0 Å². The molecule has 0 aliphatic carbocycles. The predicted octanol–water partition coefficient (Wildman–Crippen LogP) is 0.814. The minimum atomic E-state index is -3.90. The summed E-state index contributed by atoms with van der Waals surface area (Å²) >= 11 is 0. The summed E-state index contributed by atoms with van der Waals surface area (Å²) < 4.78 is 95.5. The summed E-state index contributed by atoms with van der Waals surface area (Å²) in [5.74, 6) is -1.53. The third-order valence-electron chi connectivity index (χ3n) is 1.66. The van der Waals surface area contributed by atoms with Crippen LogP contribution in [0.1, 0.15) is 47.4 Å². The van der Waals surface area contributed by atoms with E-state index >= 15 is 0 Å². The van der Waals surface area contributed by atoms with Crippen LogP contribution in [0.15, 0.2) is 15.8 Å². The first-order chi connectivity index (χ1) is 12.7. The largest absolute Gasteiger partial charge is 0.337 e. The molecular weight excluding hydrogens is 241 g/mol. The number of carbonyl (C=O) groups excluding carboxylic acids is 1. The second-order valence-electron chi connectivity index (χ2n) is 2.82. The van der Waals surface area contributed by atoms with Gasteiger partial charge in [0.05, 0.1) is 6.20 Å². The number of halogens is 1. The van der Waals surface area contributed by atoms with Gasteiger partial charge in [-0.15, -0.1) is 0 Å². The number of nitrogens with zero attached hydrogens (tertiary/aromatic N) is 1. The van der Waals surface area contributed by atoms with Gasteiger partial charge in [-0.3, -0.25) is 9.78 Å². The molecule has 0 aliphatic heterocycles. The summed E-state index contributed by atoms with van der Waals surface area (Å²) in [6, 6.07) is -1.51. The SMILES string of the molecule is [2H]C([2H])([2H])C([2H])([2H])C([2H])([2H])C([2H])([2H])C([2H])([2H])CNC(=O)n1cc(F)c(=O)[nH]c1=O. The summed E-state index contributed by atoms with van der Waals surface area (Å²) in [7, 11) is 0. The number of amides is 1. The predicted molar refractivity (Wildman–Crippen MR) is 64.2 cm³/mol. The molecular formula is C11H16FN3O3. The van der Waals surface area contributed by atoms with Crippen molar-refractivity contribution in [3.63, 3.8) is 0 Å². The molecule has 0 unspecified atom stereocenters. The molecule has 0 atom stereocenters. The van der Waals surface area contributed by atoms with Crippen molar-refractivity contribution < 1.29 is 24.3 Å². The smallest absolute Gasteiger partial charge is 0.336 e. The van der Waals surface area contributed by atoms with Gasteiger partial charge in [0.2, 0.25) is 5.82 Å². The lowest BCUT2D eigenvalue weighted by atomic mass is 10.2. The van der Waals surface area contributed by atoms with Gasteiger partial charge >= 0.3 is 11.7 Å². The van der Waals surface area contributed by atoms with Crippen molar-refractivity contribution in [1.82, 2.24) is 14.9 Å². The average molecular weight is 268 g/mol. The number of nitrogens with one attached hydrogen (secondary N) is 2. The molecule has 1 amide bonds. The van der Waals surface area contributed by atoms with Crippen LogP contribution in [0.25, 0.3) is 0 Å². The number of carbonyl (C=O) groups is 1. The van der Waals surface area contributed by atoms with Crippen molar-refractivity contribution in [1.29, 1.82) is 0 Å². The molecule has 0 spiro atoms. The lowest BCUT2D eigenvalue weighted by molar-refractivity contribution is 0.240. The van der Waals surface area contributed by atoms with Gasteiger partial charge in [0.1, 0.15) is 0 Å². The third kappa shape index (κ3) is 3.83. The Labute approximate surface area is 118 Å². The Morgan fingerprint density at radius 2 is 2.33 bits per heavy atom. The van der Waals surface area contributed by atoms with Crippen molar-refractivity contribution >= 4 is 6.03 Å². The Morgan fingerprint density at radius 3 is 3.06 bits per heavy atom. The van der Waals surface area contributed by atoms with Crippen LogP contribution in [-0.4, -0.2) is 22.1 Å². The zero-order valence-electron chi connectivity index (χ0n) is 19.8. The molecule has 0 aromatic carbocycles. The monoisotopic (exact) mass is 268 g/mol. The maximum atomic E-state index is 13.2. The van der Waals surface area contributed by atoms with E-state index in [1.807, 2.05) is 0 Å². The van der Waals surface area contributed by atoms with E-state index in [1.165, 1.54) is 4.98 Å². The highest BCUT2D eigenvalue weighted by Gasteiger charge is 2.09. The van der Waals surface area contributed by atoms with Gasteiger partial charge in [-0.2, -0.15) is 4.39 Å². The molecule has 0 aliphatic rings. The first kappa shape index (κ1) is 4.99. The Bertz CT molecular complexity index is 906. The molecule has 0 fully saturated rings. The highest BCUT2D eigenvalue weighted by atomic mass is 19.1. The van der Waals surface area contributed by atoms with E-state index in [4.69, 9.17) is 15.1 Å². The molecule has 1 heterocycles. The molecule has 0 saturated carbocycles. The first-order valence-electron chi connectivity index (χ1n) is 10.0. The number of aromatic amines is 1. The number of hydrogen-bond acceptors (Lipinski definition) is 3. The molecule has 1 aromatic heterocycles. The van der Waals surface area contributed by atoms with Crippen LogP contribution in [0, 0.1) is 5.82 Å². The van der Waals surface area contributed by atoms with Crippen molar-refractivity contribution in [3.05, 3.63) is 32.9 Å². The molecule has 1 aromatic rings. The Kier molecular flexibility index (Phi) is 1.86.